The second-order valence-corrected chi connectivity index (χ2v) is 3.81. The molecule has 2 atom stereocenters. The Morgan fingerprint density at radius 3 is 2.29 bits per heavy atom. The highest BCUT2D eigenvalue weighted by Crippen LogP contribution is 2.29. The van der Waals surface area contributed by atoms with Gasteiger partial charge in [-0.25, -0.2) is 0 Å². The van der Waals surface area contributed by atoms with Crippen LogP contribution in [0.1, 0.15) is 26.2 Å². The first kappa shape index (κ1) is 5.61. The Labute approximate surface area is 53.4 Å². The molecule has 0 aromatic heterocycles. The van der Waals surface area contributed by atoms with Gasteiger partial charge in [0.2, 0.25) is 0 Å². The van der Waals surface area contributed by atoms with Crippen LogP contribution in [-0.2, 0) is 0 Å². The van der Waals surface area contributed by atoms with Crippen molar-refractivity contribution in [2.24, 2.45) is 5.92 Å². The molecule has 0 radical (unpaired) electrons. The van der Waals surface area contributed by atoms with Crippen molar-refractivity contribution in [3.05, 3.63) is 0 Å². The van der Waals surface area contributed by atoms with Gasteiger partial charge in [-0.3, -0.25) is 0 Å². The number of alkyl halides is 1. The lowest BCUT2D eigenvalue weighted by Gasteiger charge is -1.94. The highest BCUT2D eigenvalue weighted by Gasteiger charge is 2.17. The summed E-state index contributed by atoms with van der Waals surface area (Å²) < 4.78 is 0. The van der Waals surface area contributed by atoms with E-state index in [0.717, 1.165) is 10.7 Å². The molecule has 1 fully saturated rings. The largest absolute Gasteiger partial charge is 0.0891 e. The molecule has 1 rings (SSSR count). The summed E-state index contributed by atoms with van der Waals surface area (Å²) in [7, 11) is 0. The number of halogens is 1. The quantitative estimate of drug-likeness (QED) is 0.481. The van der Waals surface area contributed by atoms with Crippen LogP contribution in [0.15, 0.2) is 0 Å². The fourth-order valence-electron chi connectivity index (χ4n) is 1.14. The summed E-state index contributed by atoms with van der Waals surface area (Å²) >= 11 is 3.58. The van der Waals surface area contributed by atoms with Gasteiger partial charge in [0.25, 0.3) is 0 Å². The molecule has 0 heterocycles. The Morgan fingerprint density at radius 1 is 1.43 bits per heavy atom. The molecule has 0 N–H and O–H groups in total. The van der Waals surface area contributed by atoms with Crippen molar-refractivity contribution in [1.82, 2.24) is 0 Å². The van der Waals surface area contributed by atoms with Gasteiger partial charge in [0.05, 0.1) is 0 Å². The number of hydrogen-bond donors (Lipinski definition) is 0. The van der Waals surface area contributed by atoms with Crippen molar-refractivity contribution in [2.45, 2.75) is 31.0 Å². The van der Waals surface area contributed by atoms with Crippen molar-refractivity contribution in [3.63, 3.8) is 0 Å². The topological polar surface area (TPSA) is 0 Å². The molecule has 7 heavy (non-hydrogen) atoms. The summed E-state index contributed by atoms with van der Waals surface area (Å²) in [5.74, 6) is 0.976. The lowest BCUT2D eigenvalue weighted by Crippen LogP contribution is -1.87. The number of hydrogen-bond acceptors (Lipinski definition) is 0. The summed E-state index contributed by atoms with van der Waals surface area (Å²) in [5.41, 5.74) is 0. The van der Waals surface area contributed by atoms with Crippen LogP contribution >= 0.6 is 15.9 Å². The Kier molecular flexibility index (Phi) is 1.74. The fourth-order valence-corrected chi connectivity index (χ4v) is 2.04. The zero-order valence-corrected chi connectivity index (χ0v) is 6.24. The van der Waals surface area contributed by atoms with Crippen LogP contribution in [0.3, 0.4) is 0 Å². The van der Waals surface area contributed by atoms with E-state index in [1.165, 1.54) is 19.3 Å². The van der Waals surface area contributed by atoms with Gasteiger partial charge in [0, 0.05) is 4.83 Å². The van der Waals surface area contributed by atoms with Crippen molar-refractivity contribution < 1.29 is 0 Å². The maximum atomic E-state index is 3.58. The van der Waals surface area contributed by atoms with E-state index in [1.54, 1.807) is 0 Å². The summed E-state index contributed by atoms with van der Waals surface area (Å²) in [6.45, 7) is 2.32. The van der Waals surface area contributed by atoms with E-state index in [4.69, 9.17) is 0 Å². The smallest absolute Gasteiger partial charge is 0.0148 e. The molecule has 0 spiro atoms. The summed E-state index contributed by atoms with van der Waals surface area (Å²) in [4.78, 5) is 0.836. The molecule has 0 nitrogen and oxygen atoms in total. The summed E-state index contributed by atoms with van der Waals surface area (Å²) in [5, 5.41) is 0. The van der Waals surface area contributed by atoms with E-state index in [0.29, 0.717) is 0 Å². The molecule has 42 valence electrons. The first-order valence-corrected chi connectivity index (χ1v) is 3.84. The molecule has 1 heteroatoms. The Bertz CT molecular complexity index is 53.2. The summed E-state index contributed by atoms with van der Waals surface area (Å²) in [6, 6.07) is 0. The lowest BCUT2D eigenvalue weighted by atomic mass is 10.2. The van der Waals surface area contributed by atoms with E-state index < -0.39 is 0 Å². The molecule has 0 unspecified atom stereocenters. The predicted octanol–water partition coefficient (Wildman–Crippen LogP) is 2.57. The van der Waals surface area contributed by atoms with Crippen LogP contribution in [0.5, 0.6) is 0 Å². The zero-order chi connectivity index (χ0) is 5.28. The average Bonchev–Trinajstić information content (AvgIpc) is 1.87. The third kappa shape index (κ3) is 1.45. The Morgan fingerprint density at radius 2 is 2.14 bits per heavy atom. The molecule has 0 aliphatic heterocycles. The van der Waals surface area contributed by atoms with Gasteiger partial charge in [-0.05, 0) is 25.2 Å². The third-order valence-electron chi connectivity index (χ3n) is 1.63. The van der Waals surface area contributed by atoms with Crippen molar-refractivity contribution >= 4 is 15.9 Å². The lowest BCUT2D eigenvalue weighted by molar-refractivity contribution is 0.614. The van der Waals surface area contributed by atoms with Gasteiger partial charge in [0.1, 0.15) is 0 Å². The molecule has 0 amide bonds. The van der Waals surface area contributed by atoms with E-state index in [1.807, 2.05) is 0 Å². The van der Waals surface area contributed by atoms with Crippen LogP contribution in [0.4, 0.5) is 0 Å². The Hall–Kier alpha value is 0.480. The SMILES string of the molecule is C[C@@H]1CC[C@H](Br)C1. The number of rotatable bonds is 0. The molecule has 0 bridgehead atoms. The second kappa shape index (κ2) is 2.17. The highest BCUT2D eigenvalue weighted by molar-refractivity contribution is 9.09. The summed E-state index contributed by atoms with van der Waals surface area (Å²) in [6.07, 6.45) is 4.21. The molecule has 0 saturated heterocycles. The first-order valence-electron chi connectivity index (χ1n) is 2.93. The fraction of sp³-hybridized carbons (Fsp3) is 1.00. The monoisotopic (exact) mass is 162 g/mol. The maximum Gasteiger partial charge on any atom is 0.0148 e. The molecule has 1 saturated carbocycles. The molecule has 0 aromatic rings. The Balaban J connectivity index is 2.26. The third-order valence-corrected chi connectivity index (χ3v) is 2.46. The molecule has 1 aliphatic carbocycles. The molecule has 0 aromatic carbocycles. The minimum atomic E-state index is 0.836. The van der Waals surface area contributed by atoms with Gasteiger partial charge < -0.3 is 0 Å². The zero-order valence-electron chi connectivity index (χ0n) is 4.65. The minimum absolute atomic E-state index is 0.836. The van der Waals surface area contributed by atoms with E-state index in [-0.39, 0.29) is 0 Å². The van der Waals surface area contributed by atoms with Gasteiger partial charge >= 0.3 is 0 Å². The van der Waals surface area contributed by atoms with Crippen molar-refractivity contribution in [3.8, 4) is 0 Å². The molecular formula is C6H11Br. The van der Waals surface area contributed by atoms with Crippen LogP contribution in [0.2, 0.25) is 0 Å². The second-order valence-electron chi connectivity index (χ2n) is 2.52. The van der Waals surface area contributed by atoms with Crippen LogP contribution < -0.4 is 0 Å². The normalized spacial score (nSPS) is 42.0. The van der Waals surface area contributed by atoms with Crippen molar-refractivity contribution in [1.29, 1.82) is 0 Å². The van der Waals surface area contributed by atoms with Gasteiger partial charge in [-0.2, -0.15) is 0 Å². The van der Waals surface area contributed by atoms with Gasteiger partial charge in [-0.1, -0.05) is 22.9 Å². The minimum Gasteiger partial charge on any atom is -0.0891 e. The van der Waals surface area contributed by atoms with E-state index in [2.05, 4.69) is 22.9 Å². The maximum absolute atomic E-state index is 3.58. The van der Waals surface area contributed by atoms with Crippen LogP contribution in [-0.4, -0.2) is 4.83 Å². The van der Waals surface area contributed by atoms with Crippen LogP contribution in [0, 0.1) is 5.92 Å². The standard InChI is InChI=1S/C6H11Br/c1-5-2-3-6(7)4-5/h5-6H,2-4H2,1H3/t5-,6+/m1/s1. The van der Waals surface area contributed by atoms with Crippen LogP contribution in [0.25, 0.3) is 0 Å². The predicted molar refractivity (Wildman–Crippen MR) is 35.7 cm³/mol. The van der Waals surface area contributed by atoms with Gasteiger partial charge in [-0.15, -0.1) is 0 Å². The molecule has 1 aliphatic rings. The van der Waals surface area contributed by atoms with Gasteiger partial charge in [0.15, 0.2) is 0 Å². The van der Waals surface area contributed by atoms with E-state index in [9.17, 15) is 0 Å². The molecular weight excluding hydrogens is 152 g/mol. The highest BCUT2D eigenvalue weighted by atomic mass is 79.9. The average molecular weight is 163 g/mol. The van der Waals surface area contributed by atoms with E-state index >= 15 is 0 Å². The van der Waals surface area contributed by atoms with Crippen molar-refractivity contribution in [2.75, 3.05) is 0 Å². The first-order chi connectivity index (χ1) is 3.29.